The van der Waals surface area contributed by atoms with Crippen LogP contribution in [-0.4, -0.2) is 38.2 Å². The number of ether oxygens (including phenoxy) is 1. The molecule has 17 heavy (non-hydrogen) atoms. The third kappa shape index (κ3) is 3.09. The van der Waals surface area contributed by atoms with Crippen LogP contribution in [0.5, 0.6) is 0 Å². The van der Waals surface area contributed by atoms with Gasteiger partial charge in [0.1, 0.15) is 11.3 Å². The van der Waals surface area contributed by atoms with Crippen molar-refractivity contribution in [1.82, 2.24) is 0 Å². The number of halogens is 3. The van der Waals surface area contributed by atoms with Crippen LogP contribution in [0.4, 0.5) is 13.2 Å². The topological polar surface area (TPSA) is 89.9 Å². The van der Waals surface area contributed by atoms with Gasteiger partial charge < -0.3 is 14.0 Å². The van der Waals surface area contributed by atoms with E-state index in [2.05, 4.69) is 8.92 Å². The van der Waals surface area contributed by atoms with Crippen molar-refractivity contribution < 1.29 is 40.4 Å². The summed E-state index contributed by atoms with van der Waals surface area (Å²) in [5, 5.41) is 8.61. The number of hydrogen-bond acceptors (Lipinski definition) is 5. The summed E-state index contributed by atoms with van der Waals surface area (Å²) in [6.07, 6.45) is -0.350. The van der Waals surface area contributed by atoms with Gasteiger partial charge >= 0.3 is 21.6 Å². The lowest BCUT2D eigenvalue weighted by Crippen LogP contribution is -2.28. The van der Waals surface area contributed by atoms with Gasteiger partial charge in [-0.25, -0.2) is 4.79 Å². The van der Waals surface area contributed by atoms with Crippen molar-refractivity contribution in [2.45, 2.75) is 11.9 Å². The van der Waals surface area contributed by atoms with Crippen LogP contribution in [0.3, 0.4) is 0 Å². The molecule has 0 bridgehead atoms. The summed E-state index contributed by atoms with van der Waals surface area (Å²) in [4.78, 5) is 10.6. The van der Waals surface area contributed by atoms with E-state index >= 15 is 0 Å². The highest BCUT2D eigenvalue weighted by Crippen LogP contribution is 2.29. The molecule has 0 saturated heterocycles. The second kappa shape index (κ2) is 4.53. The molecule has 1 N–H and O–H groups in total. The molecule has 10 heteroatoms. The summed E-state index contributed by atoms with van der Waals surface area (Å²) < 4.78 is 65.8. The maximum absolute atomic E-state index is 12.0. The molecule has 98 valence electrons. The summed E-state index contributed by atoms with van der Waals surface area (Å²) in [6.45, 7) is -0.614. The lowest BCUT2D eigenvalue weighted by atomic mass is 10.2. The number of hydrogen-bond donors (Lipinski definition) is 1. The average Bonchev–Trinajstić information content (AvgIpc) is 2.15. The molecule has 0 aromatic rings. The van der Waals surface area contributed by atoms with Crippen LogP contribution in [0.1, 0.15) is 6.42 Å². The Bertz CT molecular complexity index is 449. The van der Waals surface area contributed by atoms with Crippen LogP contribution in [-0.2, 0) is 23.8 Å². The van der Waals surface area contributed by atoms with Crippen molar-refractivity contribution in [3.63, 3.8) is 0 Å². The molecule has 0 spiro atoms. The first-order valence-corrected chi connectivity index (χ1v) is 5.60. The molecule has 6 nitrogen and oxygen atoms in total. The Morgan fingerprint density at radius 2 is 2.00 bits per heavy atom. The van der Waals surface area contributed by atoms with Crippen LogP contribution in [0.25, 0.3) is 0 Å². The molecule has 0 saturated carbocycles. The number of aliphatic carboxylic acids is 1. The predicted octanol–water partition coefficient (Wildman–Crippen LogP) is 0.612. The maximum atomic E-state index is 12.0. The van der Waals surface area contributed by atoms with Crippen LogP contribution in [0, 0.1) is 0 Å². The molecule has 0 amide bonds. The minimum absolute atomic E-state index is 0.112. The Morgan fingerprint density at radius 1 is 1.41 bits per heavy atom. The van der Waals surface area contributed by atoms with Crippen molar-refractivity contribution in [1.29, 1.82) is 0 Å². The molecule has 1 heterocycles. The van der Waals surface area contributed by atoms with E-state index in [1.54, 1.807) is 0 Å². The first-order valence-electron chi connectivity index (χ1n) is 4.19. The van der Waals surface area contributed by atoms with Crippen molar-refractivity contribution in [2.24, 2.45) is 0 Å². The third-order valence-electron chi connectivity index (χ3n) is 1.81. The van der Waals surface area contributed by atoms with Crippen molar-refractivity contribution in [3.05, 3.63) is 11.3 Å². The fourth-order valence-corrected chi connectivity index (χ4v) is 1.57. The smallest absolute Gasteiger partial charge is 0.478 e. The number of carbonyl (C=O) groups is 1. The minimum Gasteiger partial charge on any atom is -0.478 e. The average molecular weight is 276 g/mol. The SMILES string of the molecule is O=C(O)C1=C(OS(=O)(=O)C(F)(F)F)CCOC1. The second-order valence-corrected chi connectivity index (χ2v) is 4.53. The fourth-order valence-electron chi connectivity index (χ4n) is 1.02. The Morgan fingerprint density at radius 3 is 2.47 bits per heavy atom. The van der Waals surface area contributed by atoms with Gasteiger partial charge in [0.25, 0.3) is 0 Å². The lowest BCUT2D eigenvalue weighted by molar-refractivity contribution is -0.134. The van der Waals surface area contributed by atoms with E-state index in [9.17, 15) is 26.4 Å². The fraction of sp³-hybridized carbons (Fsp3) is 0.571. The van der Waals surface area contributed by atoms with Gasteiger partial charge in [-0.3, -0.25) is 0 Å². The lowest BCUT2D eigenvalue weighted by Gasteiger charge is -2.18. The number of carboxylic acids is 1. The van der Waals surface area contributed by atoms with Crippen LogP contribution in [0.2, 0.25) is 0 Å². The molecule has 1 rings (SSSR count). The summed E-state index contributed by atoms with van der Waals surface area (Å²) in [5.74, 6) is -2.34. The zero-order chi connectivity index (χ0) is 13.3. The summed E-state index contributed by atoms with van der Waals surface area (Å²) in [5.41, 5.74) is -6.23. The van der Waals surface area contributed by atoms with Gasteiger partial charge in [0, 0.05) is 6.42 Å². The highest BCUT2D eigenvalue weighted by atomic mass is 32.2. The molecule has 0 atom stereocenters. The molecule has 0 aromatic carbocycles. The Labute approximate surface area is 93.7 Å². The van der Waals surface area contributed by atoms with Crippen molar-refractivity contribution in [3.8, 4) is 0 Å². The van der Waals surface area contributed by atoms with Crippen LogP contribution in [0.15, 0.2) is 11.3 Å². The highest BCUT2D eigenvalue weighted by Gasteiger charge is 2.49. The maximum Gasteiger partial charge on any atom is 0.534 e. The van der Waals surface area contributed by atoms with Gasteiger partial charge in [0.2, 0.25) is 0 Å². The summed E-state index contributed by atoms with van der Waals surface area (Å²) >= 11 is 0. The molecule has 0 aliphatic carbocycles. The Hall–Kier alpha value is -1.29. The number of rotatable bonds is 3. The van der Waals surface area contributed by atoms with Gasteiger partial charge in [-0.2, -0.15) is 21.6 Å². The largest absolute Gasteiger partial charge is 0.534 e. The van der Waals surface area contributed by atoms with E-state index < -0.39 is 39.5 Å². The first-order chi connectivity index (χ1) is 7.65. The molecular formula is C7H7F3O6S. The number of alkyl halides is 3. The quantitative estimate of drug-likeness (QED) is 0.600. The first kappa shape index (κ1) is 13.8. The molecule has 1 aliphatic rings. The van der Waals surface area contributed by atoms with E-state index in [1.807, 2.05) is 0 Å². The van der Waals surface area contributed by atoms with E-state index in [-0.39, 0.29) is 13.0 Å². The van der Waals surface area contributed by atoms with Crippen molar-refractivity contribution >= 4 is 16.1 Å². The van der Waals surface area contributed by atoms with Crippen LogP contribution < -0.4 is 0 Å². The van der Waals surface area contributed by atoms with E-state index in [1.165, 1.54) is 0 Å². The van der Waals surface area contributed by atoms with Gasteiger partial charge in [0.05, 0.1) is 13.2 Å². The summed E-state index contributed by atoms with van der Waals surface area (Å²) in [6, 6.07) is 0. The molecule has 1 aliphatic heterocycles. The molecule has 0 aromatic heterocycles. The second-order valence-electron chi connectivity index (χ2n) is 2.99. The minimum atomic E-state index is -5.84. The van der Waals surface area contributed by atoms with Crippen molar-refractivity contribution in [2.75, 3.05) is 13.2 Å². The zero-order valence-electron chi connectivity index (χ0n) is 8.15. The van der Waals surface area contributed by atoms with E-state index in [0.717, 1.165) is 0 Å². The monoisotopic (exact) mass is 276 g/mol. The standard InChI is InChI=1S/C7H7F3O6S/c8-7(9,10)17(13,14)16-5-1-2-15-3-4(5)6(11)12/h1-3H2,(H,11,12). The van der Waals surface area contributed by atoms with Gasteiger partial charge in [0.15, 0.2) is 0 Å². The Kier molecular flexibility index (Phi) is 3.67. The van der Waals surface area contributed by atoms with E-state index in [0.29, 0.717) is 0 Å². The summed E-state index contributed by atoms with van der Waals surface area (Å²) in [7, 11) is -5.84. The molecular weight excluding hydrogens is 269 g/mol. The van der Waals surface area contributed by atoms with Crippen LogP contribution >= 0.6 is 0 Å². The highest BCUT2D eigenvalue weighted by molar-refractivity contribution is 7.87. The van der Waals surface area contributed by atoms with Gasteiger partial charge in [-0.05, 0) is 0 Å². The molecule has 0 fully saturated rings. The van der Waals surface area contributed by atoms with Gasteiger partial charge in [-0.1, -0.05) is 0 Å². The predicted molar refractivity (Wildman–Crippen MR) is 46.2 cm³/mol. The third-order valence-corrected chi connectivity index (χ3v) is 2.80. The Balaban J connectivity index is 3.05. The van der Waals surface area contributed by atoms with Gasteiger partial charge in [-0.15, -0.1) is 0 Å². The normalized spacial score (nSPS) is 18.1. The molecule has 0 unspecified atom stereocenters. The number of carboxylic acid groups (broad SMARTS) is 1. The zero-order valence-corrected chi connectivity index (χ0v) is 8.97. The van der Waals surface area contributed by atoms with E-state index in [4.69, 9.17) is 5.11 Å². The molecule has 0 radical (unpaired) electrons.